The molecule has 0 spiro atoms. The monoisotopic (exact) mass is 182 g/mol. The SMILES string of the molecule is COC(=O)/C=C/c1cc(C)cs1. The zero-order valence-corrected chi connectivity index (χ0v) is 7.85. The van der Waals surface area contributed by atoms with Crippen LogP contribution in [0.25, 0.3) is 6.08 Å². The van der Waals surface area contributed by atoms with Crippen LogP contribution in [0.15, 0.2) is 17.5 Å². The highest BCUT2D eigenvalue weighted by Crippen LogP contribution is 2.14. The van der Waals surface area contributed by atoms with Gasteiger partial charge in [0.25, 0.3) is 0 Å². The number of thiophene rings is 1. The summed E-state index contributed by atoms with van der Waals surface area (Å²) < 4.78 is 4.46. The number of ether oxygens (including phenoxy) is 1. The molecule has 0 bridgehead atoms. The van der Waals surface area contributed by atoms with Gasteiger partial charge in [0.1, 0.15) is 0 Å². The third-order valence-corrected chi connectivity index (χ3v) is 2.35. The van der Waals surface area contributed by atoms with E-state index in [0.717, 1.165) is 4.88 Å². The van der Waals surface area contributed by atoms with E-state index in [2.05, 4.69) is 4.74 Å². The van der Waals surface area contributed by atoms with E-state index < -0.39 is 0 Å². The molecule has 1 heterocycles. The van der Waals surface area contributed by atoms with E-state index >= 15 is 0 Å². The average molecular weight is 182 g/mol. The molecule has 0 saturated carbocycles. The van der Waals surface area contributed by atoms with Crippen molar-refractivity contribution >= 4 is 23.4 Å². The zero-order chi connectivity index (χ0) is 8.97. The Bertz CT molecular complexity index is 299. The lowest BCUT2D eigenvalue weighted by Gasteiger charge is -1.87. The quantitative estimate of drug-likeness (QED) is 0.518. The summed E-state index contributed by atoms with van der Waals surface area (Å²) in [5.74, 6) is -0.318. The molecule has 0 atom stereocenters. The number of methoxy groups -OCH3 is 1. The number of aryl methyl sites for hydroxylation is 1. The van der Waals surface area contributed by atoms with Crippen LogP contribution in [0.5, 0.6) is 0 Å². The Balaban J connectivity index is 2.63. The maximum atomic E-state index is 10.7. The Morgan fingerprint density at radius 2 is 2.42 bits per heavy atom. The van der Waals surface area contributed by atoms with Gasteiger partial charge in [0.2, 0.25) is 0 Å². The number of carbonyl (C=O) groups excluding carboxylic acids is 1. The topological polar surface area (TPSA) is 26.3 Å². The van der Waals surface area contributed by atoms with E-state index in [4.69, 9.17) is 0 Å². The van der Waals surface area contributed by atoms with E-state index in [1.165, 1.54) is 18.7 Å². The van der Waals surface area contributed by atoms with Crippen LogP contribution < -0.4 is 0 Å². The van der Waals surface area contributed by atoms with Crippen molar-refractivity contribution in [3.05, 3.63) is 28.0 Å². The van der Waals surface area contributed by atoms with E-state index in [1.54, 1.807) is 17.4 Å². The van der Waals surface area contributed by atoms with Crippen LogP contribution in [0.4, 0.5) is 0 Å². The van der Waals surface area contributed by atoms with Crippen LogP contribution in [-0.4, -0.2) is 13.1 Å². The van der Waals surface area contributed by atoms with Gasteiger partial charge >= 0.3 is 5.97 Å². The molecule has 1 aromatic rings. The summed E-state index contributed by atoms with van der Waals surface area (Å²) in [5, 5.41) is 2.04. The molecule has 64 valence electrons. The molecule has 0 radical (unpaired) electrons. The first-order valence-corrected chi connectivity index (χ1v) is 4.41. The van der Waals surface area contributed by atoms with Gasteiger partial charge in [-0.3, -0.25) is 0 Å². The summed E-state index contributed by atoms with van der Waals surface area (Å²) in [5.41, 5.74) is 1.21. The Kier molecular flexibility index (Phi) is 3.05. The molecule has 2 nitrogen and oxygen atoms in total. The summed E-state index contributed by atoms with van der Waals surface area (Å²) in [7, 11) is 1.37. The number of hydrogen-bond acceptors (Lipinski definition) is 3. The predicted molar refractivity (Wildman–Crippen MR) is 50.1 cm³/mol. The molecular formula is C9H10O2S. The summed E-state index contributed by atoms with van der Waals surface area (Å²) in [6, 6.07) is 2.02. The zero-order valence-electron chi connectivity index (χ0n) is 7.03. The standard InChI is InChI=1S/C9H10O2S/c1-7-5-8(12-6-7)3-4-9(10)11-2/h3-6H,1-2H3/b4-3+. The van der Waals surface area contributed by atoms with Crippen molar-refractivity contribution in [2.75, 3.05) is 7.11 Å². The van der Waals surface area contributed by atoms with Crippen molar-refractivity contribution in [1.82, 2.24) is 0 Å². The van der Waals surface area contributed by atoms with E-state index in [0.29, 0.717) is 0 Å². The highest BCUT2D eigenvalue weighted by atomic mass is 32.1. The molecule has 1 rings (SSSR count). The van der Waals surface area contributed by atoms with Crippen molar-refractivity contribution < 1.29 is 9.53 Å². The van der Waals surface area contributed by atoms with E-state index in [1.807, 2.05) is 18.4 Å². The summed E-state index contributed by atoms with van der Waals surface area (Å²) in [6.45, 7) is 2.02. The molecule has 0 fully saturated rings. The fraction of sp³-hybridized carbons (Fsp3) is 0.222. The second kappa shape index (κ2) is 4.07. The van der Waals surface area contributed by atoms with Gasteiger partial charge < -0.3 is 4.74 Å². The molecule has 0 aromatic carbocycles. The van der Waals surface area contributed by atoms with Gasteiger partial charge in [-0.1, -0.05) is 0 Å². The van der Waals surface area contributed by atoms with Crippen LogP contribution >= 0.6 is 11.3 Å². The Hall–Kier alpha value is -1.09. The first-order chi connectivity index (χ1) is 5.72. The number of esters is 1. The molecule has 1 aromatic heterocycles. The Morgan fingerprint density at radius 1 is 1.67 bits per heavy atom. The van der Waals surface area contributed by atoms with Gasteiger partial charge in [0, 0.05) is 11.0 Å². The van der Waals surface area contributed by atoms with Crippen molar-refractivity contribution in [1.29, 1.82) is 0 Å². The van der Waals surface area contributed by atoms with E-state index in [-0.39, 0.29) is 5.97 Å². The normalized spacial score (nSPS) is 10.5. The second-order valence-corrected chi connectivity index (χ2v) is 3.33. The minimum absolute atomic E-state index is 0.318. The van der Waals surface area contributed by atoms with E-state index in [9.17, 15) is 4.79 Å². The highest BCUT2D eigenvalue weighted by Gasteiger charge is 1.93. The molecule has 3 heteroatoms. The summed E-state index contributed by atoms with van der Waals surface area (Å²) >= 11 is 1.61. The molecule has 0 N–H and O–H groups in total. The lowest BCUT2D eigenvalue weighted by molar-refractivity contribution is -0.134. The van der Waals surface area contributed by atoms with Crippen LogP contribution in [0.2, 0.25) is 0 Å². The van der Waals surface area contributed by atoms with Crippen LogP contribution in [0, 0.1) is 6.92 Å². The third-order valence-electron chi connectivity index (χ3n) is 1.34. The van der Waals surface area contributed by atoms with Gasteiger partial charge in [-0.2, -0.15) is 0 Å². The molecule has 0 saturated heterocycles. The Morgan fingerprint density at radius 3 is 2.92 bits per heavy atom. The smallest absolute Gasteiger partial charge is 0.330 e. The van der Waals surface area contributed by atoms with Crippen LogP contribution in [0.3, 0.4) is 0 Å². The lowest BCUT2D eigenvalue weighted by Crippen LogP contribution is -1.92. The Labute approximate surface area is 75.5 Å². The molecule has 12 heavy (non-hydrogen) atoms. The summed E-state index contributed by atoms with van der Waals surface area (Å²) in [4.78, 5) is 11.8. The summed E-state index contributed by atoms with van der Waals surface area (Å²) in [6.07, 6.45) is 3.18. The van der Waals surface area contributed by atoms with Gasteiger partial charge in [-0.15, -0.1) is 11.3 Å². The van der Waals surface area contributed by atoms with Crippen molar-refractivity contribution in [3.8, 4) is 0 Å². The van der Waals surface area contributed by atoms with Gasteiger partial charge in [-0.25, -0.2) is 4.79 Å². The van der Waals surface area contributed by atoms with Gasteiger partial charge in [0.05, 0.1) is 7.11 Å². The van der Waals surface area contributed by atoms with Gasteiger partial charge in [-0.05, 0) is 30.0 Å². The molecule has 0 aliphatic carbocycles. The minimum Gasteiger partial charge on any atom is -0.466 e. The predicted octanol–water partition coefficient (Wildman–Crippen LogP) is 2.24. The number of hydrogen-bond donors (Lipinski definition) is 0. The first-order valence-electron chi connectivity index (χ1n) is 3.53. The average Bonchev–Trinajstić information content (AvgIpc) is 2.47. The molecule has 0 aliphatic rings. The molecule has 0 unspecified atom stereocenters. The molecular weight excluding hydrogens is 172 g/mol. The fourth-order valence-corrected chi connectivity index (χ4v) is 1.55. The number of rotatable bonds is 2. The minimum atomic E-state index is -0.318. The number of carbonyl (C=O) groups is 1. The van der Waals surface area contributed by atoms with Crippen molar-refractivity contribution in [3.63, 3.8) is 0 Å². The largest absolute Gasteiger partial charge is 0.466 e. The third kappa shape index (κ3) is 2.51. The van der Waals surface area contributed by atoms with Gasteiger partial charge in [0.15, 0.2) is 0 Å². The van der Waals surface area contributed by atoms with Crippen LogP contribution in [-0.2, 0) is 9.53 Å². The maximum Gasteiger partial charge on any atom is 0.330 e. The van der Waals surface area contributed by atoms with Crippen LogP contribution in [0.1, 0.15) is 10.4 Å². The van der Waals surface area contributed by atoms with Crippen molar-refractivity contribution in [2.45, 2.75) is 6.92 Å². The maximum absolute atomic E-state index is 10.7. The highest BCUT2D eigenvalue weighted by molar-refractivity contribution is 7.11. The lowest BCUT2D eigenvalue weighted by atomic mass is 10.3. The molecule has 0 amide bonds. The van der Waals surface area contributed by atoms with Crippen molar-refractivity contribution in [2.24, 2.45) is 0 Å². The molecule has 0 aliphatic heterocycles. The second-order valence-electron chi connectivity index (χ2n) is 2.38. The fourth-order valence-electron chi connectivity index (χ4n) is 0.759. The first kappa shape index (κ1) is 9.00.